The van der Waals surface area contributed by atoms with Crippen LogP contribution in [0.4, 0.5) is 17.3 Å². The minimum absolute atomic E-state index is 0.249. The van der Waals surface area contributed by atoms with Gasteiger partial charge < -0.3 is 15.4 Å². The van der Waals surface area contributed by atoms with Crippen LogP contribution in [0.5, 0.6) is 5.75 Å². The molecule has 138 valence electrons. The highest BCUT2D eigenvalue weighted by Crippen LogP contribution is 2.27. The van der Waals surface area contributed by atoms with Crippen molar-refractivity contribution >= 4 is 34.8 Å². The summed E-state index contributed by atoms with van der Waals surface area (Å²) in [6.45, 7) is 3.81. The van der Waals surface area contributed by atoms with Crippen molar-refractivity contribution in [1.82, 2.24) is 9.97 Å². The zero-order valence-electron chi connectivity index (χ0n) is 15.2. The molecule has 3 rings (SSSR count). The monoisotopic (exact) mass is 382 g/mol. The Kier molecular flexibility index (Phi) is 5.57. The van der Waals surface area contributed by atoms with Gasteiger partial charge in [0.2, 0.25) is 5.95 Å². The van der Waals surface area contributed by atoms with Gasteiger partial charge in [0.05, 0.1) is 12.1 Å². The molecule has 0 fully saturated rings. The fraction of sp³-hybridized carbons (Fsp3) is 0.150. The second-order valence-corrected chi connectivity index (χ2v) is 6.39. The van der Waals surface area contributed by atoms with Crippen molar-refractivity contribution in [1.29, 1.82) is 0 Å². The van der Waals surface area contributed by atoms with Gasteiger partial charge in [-0.25, -0.2) is 9.97 Å². The van der Waals surface area contributed by atoms with Crippen molar-refractivity contribution in [3.8, 4) is 5.75 Å². The number of aromatic nitrogens is 2. The van der Waals surface area contributed by atoms with Crippen LogP contribution in [0.25, 0.3) is 0 Å². The maximum absolute atomic E-state index is 12.5. The molecule has 27 heavy (non-hydrogen) atoms. The van der Waals surface area contributed by atoms with Crippen molar-refractivity contribution in [3.63, 3.8) is 0 Å². The molecule has 0 saturated carbocycles. The number of hydrogen-bond acceptors (Lipinski definition) is 5. The number of benzene rings is 2. The normalized spacial score (nSPS) is 10.4. The number of hydrogen-bond donors (Lipinski definition) is 2. The van der Waals surface area contributed by atoms with Crippen LogP contribution in [-0.4, -0.2) is 23.0 Å². The first-order chi connectivity index (χ1) is 12.9. The minimum Gasteiger partial charge on any atom is -0.495 e. The lowest BCUT2D eigenvalue weighted by atomic mass is 10.2. The van der Waals surface area contributed by atoms with Gasteiger partial charge in [0.1, 0.15) is 5.75 Å². The van der Waals surface area contributed by atoms with E-state index in [0.717, 1.165) is 17.1 Å². The molecule has 3 aromatic rings. The molecule has 0 aliphatic heterocycles. The Bertz CT molecular complexity index is 971. The number of methoxy groups -OCH3 is 1. The van der Waals surface area contributed by atoms with E-state index in [1.807, 2.05) is 26.0 Å². The number of amides is 1. The van der Waals surface area contributed by atoms with Crippen LogP contribution in [0.2, 0.25) is 5.02 Å². The van der Waals surface area contributed by atoms with Gasteiger partial charge in [-0.1, -0.05) is 17.7 Å². The summed E-state index contributed by atoms with van der Waals surface area (Å²) in [5.74, 6) is 0.794. The summed E-state index contributed by atoms with van der Waals surface area (Å²) >= 11 is 6.10. The molecule has 1 aromatic heterocycles. The van der Waals surface area contributed by atoms with Gasteiger partial charge in [0, 0.05) is 28.3 Å². The molecule has 7 heteroatoms. The predicted octanol–water partition coefficient (Wildman–Crippen LogP) is 4.75. The first-order valence-corrected chi connectivity index (χ1v) is 8.66. The van der Waals surface area contributed by atoms with Crippen LogP contribution < -0.4 is 15.4 Å². The first-order valence-electron chi connectivity index (χ1n) is 8.29. The van der Waals surface area contributed by atoms with E-state index in [0.29, 0.717) is 28.0 Å². The fourth-order valence-corrected chi connectivity index (χ4v) is 2.85. The van der Waals surface area contributed by atoms with E-state index in [1.54, 1.807) is 36.4 Å². The maximum Gasteiger partial charge on any atom is 0.255 e. The van der Waals surface area contributed by atoms with Crippen molar-refractivity contribution in [2.45, 2.75) is 13.8 Å². The van der Waals surface area contributed by atoms with E-state index < -0.39 is 0 Å². The zero-order valence-corrected chi connectivity index (χ0v) is 16.0. The number of halogens is 1. The summed E-state index contributed by atoms with van der Waals surface area (Å²) in [6.07, 6.45) is 0. The molecule has 1 amide bonds. The first kappa shape index (κ1) is 18.7. The topological polar surface area (TPSA) is 76.1 Å². The van der Waals surface area contributed by atoms with Gasteiger partial charge in [0.25, 0.3) is 5.91 Å². The van der Waals surface area contributed by atoms with Gasteiger partial charge in [-0.2, -0.15) is 0 Å². The molecule has 0 spiro atoms. The van der Waals surface area contributed by atoms with Crippen LogP contribution in [0.3, 0.4) is 0 Å². The summed E-state index contributed by atoms with van der Waals surface area (Å²) < 4.78 is 5.11. The number of anilines is 3. The lowest BCUT2D eigenvalue weighted by molar-refractivity contribution is 0.102. The Morgan fingerprint density at radius 3 is 2.41 bits per heavy atom. The minimum atomic E-state index is -0.249. The Hall–Kier alpha value is -3.12. The SMILES string of the molecule is COc1ccc(NC(=O)c2cccc(Nc3nc(C)cc(C)n3)c2)cc1Cl. The molecule has 0 unspecified atom stereocenters. The van der Waals surface area contributed by atoms with Gasteiger partial charge in [-0.15, -0.1) is 0 Å². The molecule has 0 aliphatic carbocycles. The summed E-state index contributed by atoms with van der Waals surface area (Å²) in [5, 5.41) is 6.38. The number of nitrogens with one attached hydrogen (secondary N) is 2. The predicted molar refractivity (Wildman–Crippen MR) is 107 cm³/mol. The number of carbonyl (C=O) groups is 1. The molecule has 0 atom stereocenters. The summed E-state index contributed by atoms with van der Waals surface area (Å²) in [6, 6.07) is 14.1. The summed E-state index contributed by atoms with van der Waals surface area (Å²) in [7, 11) is 1.54. The van der Waals surface area contributed by atoms with E-state index in [-0.39, 0.29) is 5.91 Å². The Labute approximate surface area is 162 Å². The number of nitrogens with zero attached hydrogens (tertiary/aromatic N) is 2. The average Bonchev–Trinajstić information content (AvgIpc) is 2.61. The molecule has 0 saturated heterocycles. The highest BCUT2D eigenvalue weighted by molar-refractivity contribution is 6.32. The van der Waals surface area contributed by atoms with Gasteiger partial charge in [-0.05, 0) is 56.3 Å². The van der Waals surface area contributed by atoms with Crippen LogP contribution in [0.1, 0.15) is 21.7 Å². The fourth-order valence-electron chi connectivity index (χ4n) is 2.60. The highest BCUT2D eigenvalue weighted by Gasteiger charge is 2.09. The number of aryl methyl sites for hydroxylation is 2. The molecule has 0 aliphatic rings. The van der Waals surface area contributed by atoms with E-state index >= 15 is 0 Å². The lowest BCUT2D eigenvalue weighted by Crippen LogP contribution is -2.12. The molecule has 1 heterocycles. The molecular formula is C20H19ClN4O2. The van der Waals surface area contributed by atoms with Gasteiger partial charge in [-0.3, -0.25) is 4.79 Å². The van der Waals surface area contributed by atoms with Crippen molar-refractivity contribution in [3.05, 3.63) is 70.5 Å². The lowest BCUT2D eigenvalue weighted by Gasteiger charge is -2.10. The van der Waals surface area contributed by atoms with Crippen molar-refractivity contribution < 1.29 is 9.53 Å². The second-order valence-electron chi connectivity index (χ2n) is 5.98. The van der Waals surface area contributed by atoms with E-state index in [1.165, 1.54) is 7.11 Å². The van der Waals surface area contributed by atoms with Crippen molar-refractivity contribution in [2.24, 2.45) is 0 Å². The third-order valence-electron chi connectivity index (χ3n) is 3.77. The Morgan fingerprint density at radius 2 is 1.74 bits per heavy atom. The van der Waals surface area contributed by atoms with Gasteiger partial charge in [0.15, 0.2) is 0 Å². The summed E-state index contributed by atoms with van der Waals surface area (Å²) in [5.41, 5.74) is 3.55. The molecule has 2 aromatic carbocycles. The van der Waals surface area contributed by atoms with Crippen LogP contribution in [0.15, 0.2) is 48.5 Å². The number of ether oxygens (including phenoxy) is 1. The van der Waals surface area contributed by atoms with E-state index in [4.69, 9.17) is 16.3 Å². The Balaban J connectivity index is 1.76. The third-order valence-corrected chi connectivity index (χ3v) is 4.07. The maximum atomic E-state index is 12.5. The third kappa shape index (κ3) is 4.74. The van der Waals surface area contributed by atoms with E-state index in [2.05, 4.69) is 20.6 Å². The zero-order chi connectivity index (χ0) is 19.4. The number of rotatable bonds is 5. The Morgan fingerprint density at radius 1 is 1.00 bits per heavy atom. The van der Waals surface area contributed by atoms with Crippen LogP contribution >= 0.6 is 11.6 Å². The van der Waals surface area contributed by atoms with Crippen LogP contribution in [0, 0.1) is 13.8 Å². The van der Waals surface area contributed by atoms with E-state index in [9.17, 15) is 4.79 Å². The largest absolute Gasteiger partial charge is 0.495 e. The van der Waals surface area contributed by atoms with Crippen molar-refractivity contribution in [2.75, 3.05) is 17.7 Å². The van der Waals surface area contributed by atoms with Crippen LogP contribution in [-0.2, 0) is 0 Å². The summed E-state index contributed by atoms with van der Waals surface area (Å²) in [4.78, 5) is 21.2. The number of carbonyl (C=O) groups excluding carboxylic acids is 1. The molecule has 0 bridgehead atoms. The highest BCUT2D eigenvalue weighted by atomic mass is 35.5. The average molecular weight is 383 g/mol. The quantitative estimate of drug-likeness (QED) is 0.665. The standard InChI is InChI=1S/C20H19ClN4O2/c1-12-9-13(2)23-20(22-12)25-15-6-4-5-14(10-15)19(26)24-16-7-8-18(27-3)17(21)11-16/h4-11H,1-3H3,(H,24,26)(H,22,23,25). The molecule has 2 N–H and O–H groups in total. The van der Waals surface area contributed by atoms with Gasteiger partial charge >= 0.3 is 0 Å². The molecule has 6 nitrogen and oxygen atoms in total. The molecular weight excluding hydrogens is 364 g/mol. The smallest absolute Gasteiger partial charge is 0.255 e. The second kappa shape index (κ2) is 8.05. The molecule has 0 radical (unpaired) electrons.